The molecule has 0 aromatic heterocycles. The smallest absolute Gasteiger partial charge is 0.0426 e. The number of halogens is 2. The van der Waals surface area contributed by atoms with Gasteiger partial charge in [-0.2, -0.15) is 0 Å². The van der Waals surface area contributed by atoms with Crippen LogP contribution in [-0.4, -0.2) is 0 Å². The van der Waals surface area contributed by atoms with Crippen molar-refractivity contribution in [3.05, 3.63) is 34.9 Å². The molecule has 13 heavy (non-hydrogen) atoms. The molecule has 0 nitrogen and oxygen atoms in total. The van der Waals surface area contributed by atoms with Gasteiger partial charge in [-0.1, -0.05) is 46.6 Å². The molecule has 0 aliphatic heterocycles. The molecule has 2 rings (SSSR count). The highest BCUT2D eigenvalue weighted by molar-refractivity contribution is 9.09. The second-order valence-electron chi connectivity index (χ2n) is 3.83. The van der Waals surface area contributed by atoms with Gasteiger partial charge in [0.1, 0.15) is 0 Å². The van der Waals surface area contributed by atoms with E-state index in [1.165, 1.54) is 12.0 Å². The standard InChI is InChI=1S/C11H12BrCl/c1-7-6-10(7)11(12)8-2-4-9(13)5-3-8/h2-5,7,10-11H,6H2,1H3. The van der Waals surface area contributed by atoms with Gasteiger partial charge in [0.15, 0.2) is 0 Å². The molecule has 3 unspecified atom stereocenters. The summed E-state index contributed by atoms with van der Waals surface area (Å²) in [7, 11) is 0. The van der Waals surface area contributed by atoms with E-state index in [4.69, 9.17) is 11.6 Å². The molecule has 0 heterocycles. The Hall–Kier alpha value is -0.0100. The monoisotopic (exact) mass is 258 g/mol. The predicted molar refractivity (Wildman–Crippen MR) is 60.4 cm³/mol. The molecule has 1 aromatic rings. The minimum Gasteiger partial charge on any atom is -0.0843 e. The second kappa shape index (κ2) is 3.62. The van der Waals surface area contributed by atoms with E-state index >= 15 is 0 Å². The molecule has 2 heteroatoms. The maximum atomic E-state index is 5.82. The van der Waals surface area contributed by atoms with Gasteiger partial charge in [-0.05, 0) is 36.0 Å². The first kappa shape index (κ1) is 9.54. The van der Waals surface area contributed by atoms with Crippen molar-refractivity contribution in [2.75, 3.05) is 0 Å². The zero-order chi connectivity index (χ0) is 9.42. The van der Waals surface area contributed by atoms with Crippen molar-refractivity contribution in [1.29, 1.82) is 0 Å². The SMILES string of the molecule is CC1CC1C(Br)c1ccc(Cl)cc1. The first-order chi connectivity index (χ1) is 6.18. The molecule has 0 N–H and O–H groups in total. The summed E-state index contributed by atoms with van der Waals surface area (Å²) in [4.78, 5) is 0.514. The fraction of sp³-hybridized carbons (Fsp3) is 0.455. The van der Waals surface area contributed by atoms with E-state index in [2.05, 4.69) is 35.0 Å². The Morgan fingerprint density at radius 1 is 1.38 bits per heavy atom. The first-order valence-corrected chi connectivity index (χ1v) is 5.87. The molecule has 1 aromatic carbocycles. The third-order valence-corrected chi connectivity index (χ3v) is 4.20. The summed E-state index contributed by atoms with van der Waals surface area (Å²) in [5, 5.41) is 0.812. The molecule has 0 saturated heterocycles. The second-order valence-corrected chi connectivity index (χ2v) is 5.25. The Kier molecular flexibility index (Phi) is 2.66. The number of benzene rings is 1. The fourth-order valence-electron chi connectivity index (χ4n) is 1.65. The Labute approximate surface area is 92.4 Å². The zero-order valence-electron chi connectivity index (χ0n) is 7.50. The van der Waals surface area contributed by atoms with Crippen molar-refractivity contribution in [2.24, 2.45) is 11.8 Å². The van der Waals surface area contributed by atoms with Crippen molar-refractivity contribution in [2.45, 2.75) is 18.2 Å². The maximum Gasteiger partial charge on any atom is 0.0426 e. The number of alkyl halides is 1. The summed E-state index contributed by atoms with van der Waals surface area (Å²) in [6.45, 7) is 2.30. The third-order valence-electron chi connectivity index (χ3n) is 2.74. The van der Waals surface area contributed by atoms with Crippen LogP contribution >= 0.6 is 27.5 Å². The molecule has 0 bridgehead atoms. The van der Waals surface area contributed by atoms with E-state index in [0.717, 1.165) is 16.9 Å². The van der Waals surface area contributed by atoms with Crippen LogP contribution in [0.2, 0.25) is 5.02 Å². The average molecular weight is 260 g/mol. The van der Waals surface area contributed by atoms with E-state index in [1.807, 2.05) is 12.1 Å². The van der Waals surface area contributed by atoms with Crippen molar-refractivity contribution in [3.63, 3.8) is 0 Å². The van der Waals surface area contributed by atoms with Gasteiger partial charge in [0.2, 0.25) is 0 Å². The highest BCUT2D eigenvalue weighted by Gasteiger charge is 2.38. The summed E-state index contributed by atoms with van der Waals surface area (Å²) in [6.07, 6.45) is 1.35. The lowest BCUT2D eigenvalue weighted by atomic mass is 10.1. The van der Waals surface area contributed by atoms with Gasteiger partial charge in [0.05, 0.1) is 0 Å². The normalized spacial score (nSPS) is 28.5. The fourth-order valence-corrected chi connectivity index (χ4v) is 2.82. The highest BCUT2D eigenvalue weighted by Crippen LogP contribution is 2.51. The third kappa shape index (κ3) is 2.08. The first-order valence-electron chi connectivity index (χ1n) is 4.58. The molecular weight excluding hydrogens is 247 g/mol. The lowest BCUT2D eigenvalue weighted by molar-refractivity contribution is 0.740. The summed E-state index contributed by atoms with van der Waals surface area (Å²) >= 11 is 9.56. The van der Waals surface area contributed by atoms with Crippen LogP contribution in [0.5, 0.6) is 0 Å². The molecule has 0 radical (unpaired) electrons. The van der Waals surface area contributed by atoms with E-state index < -0.39 is 0 Å². The van der Waals surface area contributed by atoms with Gasteiger partial charge in [-0.3, -0.25) is 0 Å². The Balaban J connectivity index is 2.12. The largest absolute Gasteiger partial charge is 0.0843 e. The summed E-state index contributed by atoms with van der Waals surface area (Å²) < 4.78 is 0. The highest BCUT2D eigenvalue weighted by atomic mass is 79.9. The quantitative estimate of drug-likeness (QED) is 0.689. The lowest BCUT2D eigenvalue weighted by Gasteiger charge is -2.08. The van der Waals surface area contributed by atoms with Gasteiger partial charge >= 0.3 is 0 Å². The maximum absolute atomic E-state index is 5.82. The van der Waals surface area contributed by atoms with Crippen LogP contribution in [0.4, 0.5) is 0 Å². The van der Waals surface area contributed by atoms with Gasteiger partial charge in [0.25, 0.3) is 0 Å². The molecule has 0 spiro atoms. The van der Waals surface area contributed by atoms with E-state index in [9.17, 15) is 0 Å². The van der Waals surface area contributed by atoms with E-state index in [0.29, 0.717) is 4.83 Å². The van der Waals surface area contributed by atoms with Crippen LogP contribution < -0.4 is 0 Å². The number of hydrogen-bond acceptors (Lipinski definition) is 0. The van der Waals surface area contributed by atoms with Crippen LogP contribution in [0.1, 0.15) is 23.7 Å². The summed E-state index contributed by atoms with van der Waals surface area (Å²) in [6, 6.07) is 8.12. The molecule has 1 fully saturated rings. The van der Waals surface area contributed by atoms with Gasteiger partial charge < -0.3 is 0 Å². The minimum atomic E-state index is 0.514. The number of rotatable bonds is 2. The topological polar surface area (TPSA) is 0 Å². The molecular formula is C11H12BrCl. The molecule has 1 aliphatic carbocycles. The Morgan fingerprint density at radius 2 is 1.92 bits per heavy atom. The van der Waals surface area contributed by atoms with Crippen molar-refractivity contribution in [3.8, 4) is 0 Å². The Morgan fingerprint density at radius 3 is 2.38 bits per heavy atom. The minimum absolute atomic E-state index is 0.514. The Bertz CT molecular complexity index is 293. The summed E-state index contributed by atoms with van der Waals surface area (Å²) in [5.41, 5.74) is 1.35. The molecule has 1 saturated carbocycles. The van der Waals surface area contributed by atoms with Crippen LogP contribution in [0, 0.1) is 11.8 Å². The van der Waals surface area contributed by atoms with Crippen molar-refractivity contribution in [1.82, 2.24) is 0 Å². The number of hydrogen-bond donors (Lipinski definition) is 0. The lowest BCUT2D eigenvalue weighted by Crippen LogP contribution is -1.92. The van der Waals surface area contributed by atoms with E-state index in [-0.39, 0.29) is 0 Å². The van der Waals surface area contributed by atoms with Gasteiger partial charge in [-0.15, -0.1) is 0 Å². The molecule has 0 amide bonds. The molecule has 1 aliphatic rings. The van der Waals surface area contributed by atoms with Crippen LogP contribution in [-0.2, 0) is 0 Å². The summed E-state index contributed by atoms with van der Waals surface area (Å²) in [5.74, 6) is 1.70. The van der Waals surface area contributed by atoms with Gasteiger partial charge in [0, 0.05) is 9.85 Å². The van der Waals surface area contributed by atoms with Crippen LogP contribution in [0.15, 0.2) is 24.3 Å². The van der Waals surface area contributed by atoms with E-state index in [1.54, 1.807) is 0 Å². The predicted octanol–water partition coefficient (Wildman–Crippen LogP) is 4.43. The zero-order valence-corrected chi connectivity index (χ0v) is 9.85. The average Bonchev–Trinajstić information content (AvgIpc) is 2.83. The molecule has 3 atom stereocenters. The van der Waals surface area contributed by atoms with Crippen LogP contribution in [0.25, 0.3) is 0 Å². The van der Waals surface area contributed by atoms with Crippen molar-refractivity contribution < 1.29 is 0 Å². The van der Waals surface area contributed by atoms with Crippen molar-refractivity contribution >= 4 is 27.5 Å². The van der Waals surface area contributed by atoms with Gasteiger partial charge in [-0.25, -0.2) is 0 Å². The van der Waals surface area contributed by atoms with Crippen LogP contribution in [0.3, 0.4) is 0 Å². The molecule has 70 valence electrons.